The third kappa shape index (κ3) is 3.36. The van der Waals surface area contributed by atoms with E-state index in [2.05, 4.69) is 0 Å². The second-order valence-corrected chi connectivity index (χ2v) is 6.35. The van der Waals surface area contributed by atoms with Crippen molar-refractivity contribution >= 4 is 11.8 Å². The van der Waals surface area contributed by atoms with Gasteiger partial charge in [0, 0.05) is 18.2 Å². The standard InChI is InChI=1S/C22H19NO4/c1-2-26-17-10-8-16(9-11-17)22(25)19-12-20-18(13-21(24)27-20)23(19)14-15-6-4-3-5-7-15/h3-12H,2,13-14H2,1H3. The lowest BCUT2D eigenvalue weighted by Gasteiger charge is -2.12. The zero-order valence-corrected chi connectivity index (χ0v) is 15.0. The molecule has 1 aliphatic heterocycles. The van der Waals surface area contributed by atoms with Crippen LogP contribution in [0.1, 0.15) is 34.2 Å². The molecule has 136 valence electrons. The summed E-state index contributed by atoms with van der Waals surface area (Å²) >= 11 is 0. The van der Waals surface area contributed by atoms with Gasteiger partial charge in [-0.25, -0.2) is 0 Å². The van der Waals surface area contributed by atoms with Crippen molar-refractivity contribution in [3.63, 3.8) is 0 Å². The lowest BCUT2D eigenvalue weighted by molar-refractivity contribution is -0.131. The average molecular weight is 361 g/mol. The summed E-state index contributed by atoms with van der Waals surface area (Å²) in [6.45, 7) is 2.99. The SMILES string of the molecule is CCOc1ccc(C(=O)c2cc3c(n2Cc2ccccc2)CC(=O)O3)cc1. The maximum absolute atomic E-state index is 13.1. The number of benzene rings is 2. The fourth-order valence-corrected chi connectivity index (χ4v) is 3.28. The number of rotatable bonds is 6. The monoisotopic (exact) mass is 361 g/mol. The highest BCUT2D eigenvalue weighted by Crippen LogP contribution is 2.32. The Morgan fingerprint density at radius 2 is 1.85 bits per heavy atom. The first-order valence-electron chi connectivity index (χ1n) is 8.90. The van der Waals surface area contributed by atoms with Gasteiger partial charge in [0.1, 0.15) is 5.75 Å². The molecule has 3 aromatic rings. The van der Waals surface area contributed by atoms with Crippen molar-refractivity contribution in [2.24, 2.45) is 0 Å². The molecule has 0 saturated carbocycles. The zero-order chi connectivity index (χ0) is 18.8. The number of ketones is 1. The van der Waals surface area contributed by atoms with Gasteiger partial charge in [-0.3, -0.25) is 9.59 Å². The van der Waals surface area contributed by atoms with E-state index >= 15 is 0 Å². The van der Waals surface area contributed by atoms with Gasteiger partial charge in [0.2, 0.25) is 5.78 Å². The summed E-state index contributed by atoms with van der Waals surface area (Å²) in [5.74, 6) is 0.802. The number of esters is 1. The van der Waals surface area contributed by atoms with Crippen LogP contribution < -0.4 is 9.47 Å². The molecule has 4 rings (SSSR count). The van der Waals surface area contributed by atoms with Crippen molar-refractivity contribution in [1.82, 2.24) is 4.57 Å². The van der Waals surface area contributed by atoms with Crippen molar-refractivity contribution in [3.8, 4) is 11.5 Å². The lowest BCUT2D eigenvalue weighted by atomic mass is 10.1. The van der Waals surface area contributed by atoms with Gasteiger partial charge in [0.25, 0.3) is 0 Å². The Morgan fingerprint density at radius 3 is 2.56 bits per heavy atom. The largest absolute Gasteiger partial charge is 0.494 e. The van der Waals surface area contributed by atoms with Crippen molar-refractivity contribution in [2.45, 2.75) is 19.9 Å². The number of carbonyl (C=O) groups is 2. The first-order valence-corrected chi connectivity index (χ1v) is 8.90. The Balaban J connectivity index is 1.70. The molecule has 0 spiro atoms. The van der Waals surface area contributed by atoms with Crippen molar-refractivity contribution in [3.05, 3.63) is 83.2 Å². The lowest BCUT2D eigenvalue weighted by Crippen LogP contribution is -2.15. The molecular weight excluding hydrogens is 342 g/mol. The number of carbonyl (C=O) groups excluding carboxylic acids is 2. The van der Waals surface area contributed by atoms with Gasteiger partial charge < -0.3 is 14.0 Å². The molecule has 0 fully saturated rings. The van der Waals surface area contributed by atoms with E-state index < -0.39 is 0 Å². The van der Waals surface area contributed by atoms with Gasteiger partial charge in [-0.05, 0) is 36.8 Å². The van der Waals surface area contributed by atoms with Crippen LogP contribution in [0.2, 0.25) is 0 Å². The van der Waals surface area contributed by atoms with E-state index in [-0.39, 0.29) is 18.2 Å². The Kier molecular flexibility index (Phi) is 4.50. The van der Waals surface area contributed by atoms with Crippen molar-refractivity contribution < 1.29 is 19.1 Å². The molecule has 1 aliphatic rings. The highest BCUT2D eigenvalue weighted by atomic mass is 16.5. The highest BCUT2D eigenvalue weighted by Gasteiger charge is 2.29. The van der Waals surface area contributed by atoms with E-state index in [9.17, 15) is 9.59 Å². The third-order valence-corrected chi connectivity index (χ3v) is 4.55. The maximum Gasteiger partial charge on any atom is 0.317 e. The second-order valence-electron chi connectivity index (χ2n) is 6.35. The topological polar surface area (TPSA) is 57.5 Å². The third-order valence-electron chi connectivity index (χ3n) is 4.55. The number of aromatic nitrogens is 1. The molecule has 0 radical (unpaired) electrons. The predicted molar refractivity (Wildman–Crippen MR) is 100 cm³/mol. The molecule has 2 aromatic carbocycles. The summed E-state index contributed by atoms with van der Waals surface area (Å²) in [6.07, 6.45) is 0.179. The van der Waals surface area contributed by atoms with E-state index in [0.29, 0.717) is 30.2 Å². The van der Waals surface area contributed by atoms with Crippen LogP contribution >= 0.6 is 0 Å². The Hall–Kier alpha value is -3.34. The highest BCUT2D eigenvalue weighted by molar-refractivity contribution is 6.08. The molecule has 27 heavy (non-hydrogen) atoms. The molecule has 0 amide bonds. The Labute approximate surface area is 157 Å². The molecule has 0 aliphatic carbocycles. The van der Waals surface area contributed by atoms with Crippen LogP contribution in [0.4, 0.5) is 0 Å². The summed E-state index contributed by atoms with van der Waals surface area (Å²) in [5, 5.41) is 0. The molecule has 0 atom stereocenters. The number of ether oxygens (including phenoxy) is 2. The van der Waals surface area contributed by atoms with Crippen molar-refractivity contribution in [1.29, 1.82) is 0 Å². The number of hydrogen-bond donors (Lipinski definition) is 0. The minimum atomic E-state index is -0.290. The van der Waals surface area contributed by atoms with Crippen LogP contribution in [0, 0.1) is 0 Å². The van der Waals surface area contributed by atoms with Gasteiger partial charge in [-0.2, -0.15) is 0 Å². The maximum atomic E-state index is 13.1. The Bertz CT molecular complexity index is 987. The minimum absolute atomic E-state index is 0.112. The van der Waals surface area contributed by atoms with Crippen LogP contribution in [-0.4, -0.2) is 22.9 Å². The summed E-state index contributed by atoms with van der Waals surface area (Å²) in [5.41, 5.74) is 2.88. The number of hydrogen-bond acceptors (Lipinski definition) is 4. The quantitative estimate of drug-likeness (QED) is 0.497. The van der Waals surface area contributed by atoms with Crippen LogP contribution in [0.3, 0.4) is 0 Å². The van der Waals surface area contributed by atoms with E-state index in [1.807, 2.05) is 41.8 Å². The van der Waals surface area contributed by atoms with Gasteiger partial charge in [0.15, 0.2) is 5.75 Å². The van der Waals surface area contributed by atoms with E-state index in [4.69, 9.17) is 9.47 Å². The summed E-state index contributed by atoms with van der Waals surface area (Å²) in [6, 6.07) is 18.6. The fourth-order valence-electron chi connectivity index (χ4n) is 3.28. The molecule has 1 aromatic heterocycles. The molecule has 0 unspecified atom stereocenters. The summed E-state index contributed by atoms with van der Waals surface area (Å²) in [4.78, 5) is 24.8. The molecule has 0 saturated heterocycles. The van der Waals surface area contributed by atoms with Crippen LogP contribution in [0.5, 0.6) is 11.5 Å². The van der Waals surface area contributed by atoms with Gasteiger partial charge in [0.05, 0.1) is 24.4 Å². The molecule has 0 N–H and O–H groups in total. The van der Waals surface area contributed by atoms with Crippen LogP contribution in [0.15, 0.2) is 60.7 Å². The van der Waals surface area contributed by atoms with Gasteiger partial charge in [-0.1, -0.05) is 30.3 Å². The van der Waals surface area contributed by atoms with Crippen molar-refractivity contribution in [2.75, 3.05) is 6.61 Å². The van der Waals surface area contributed by atoms with E-state index in [1.165, 1.54) is 0 Å². The second kappa shape index (κ2) is 7.11. The van der Waals surface area contributed by atoms with E-state index in [0.717, 1.165) is 17.0 Å². The fraction of sp³-hybridized carbons (Fsp3) is 0.182. The van der Waals surface area contributed by atoms with Gasteiger partial charge in [-0.15, -0.1) is 0 Å². The molecule has 2 heterocycles. The van der Waals surface area contributed by atoms with E-state index in [1.54, 1.807) is 30.3 Å². The summed E-state index contributed by atoms with van der Waals surface area (Å²) in [7, 11) is 0. The molecule has 0 bridgehead atoms. The molecule has 5 heteroatoms. The number of nitrogens with zero attached hydrogens (tertiary/aromatic N) is 1. The average Bonchev–Trinajstić information content (AvgIpc) is 3.20. The smallest absolute Gasteiger partial charge is 0.317 e. The molecular formula is C22H19NO4. The zero-order valence-electron chi connectivity index (χ0n) is 15.0. The first-order chi connectivity index (χ1) is 13.2. The van der Waals surface area contributed by atoms with Crippen LogP contribution in [-0.2, 0) is 17.8 Å². The summed E-state index contributed by atoms with van der Waals surface area (Å²) < 4.78 is 12.6. The van der Waals surface area contributed by atoms with Crippen LogP contribution in [0.25, 0.3) is 0 Å². The first kappa shape index (κ1) is 17.1. The molecule has 5 nitrogen and oxygen atoms in total. The van der Waals surface area contributed by atoms with Gasteiger partial charge >= 0.3 is 5.97 Å². The number of fused-ring (bicyclic) bond motifs is 1. The predicted octanol–water partition coefficient (Wildman–Crippen LogP) is 3.63. The Morgan fingerprint density at radius 1 is 1.11 bits per heavy atom. The normalized spacial score (nSPS) is 12.6. The minimum Gasteiger partial charge on any atom is -0.494 e.